The van der Waals surface area contributed by atoms with Crippen LogP contribution in [-0.2, 0) is 4.79 Å². The summed E-state index contributed by atoms with van der Waals surface area (Å²) < 4.78 is 0.646. The van der Waals surface area contributed by atoms with Gasteiger partial charge in [0.2, 0.25) is 11.0 Å². The number of urea groups is 1. The minimum absolute atomic E-state index is 0.399. The number of amides is 3. The fourth-order valence-electron chi connectivity index (χ4n) is 1.59. The monoisotopic (exact) mass is 363 g/mol. The fraction of sp³-hybridized carbons (Fsp3) is 0.200. The van der Waals surface area contributed by atoms with E-state index in [1.54, 1.807) is 37.3 Å². The van der Waals surface area contributed by atoms with Crippen LogP contribution in [0.3, 0.4) is 0 Å². The van der Waals surface area contributed by atoms with Crippen LogP contribution in [0.1, 0.15) is 6.92 Å². The molecule has 2 rings (SSSR count). The summed E-state index contributed by atoms with van der Waals surface area (Å²) in [4.78, 5) is 23.9. The molecule has 0 saturated carbocycles. The van der Waals surface area contributed by atoms with Crippen LogP contribution in [0.15, 0.2) is 47.3 Å². The van der Waals surface area contributed by atoms with Gasteiger partial charge in [0.1, 0.15) is 0 Å². The summed E-state index contributed by atoms with van der Waals surface area (Å²) in [5.74, 6) is -0.399. The summed E-state index contributed by atoms with van der Waals surface area (Å²) in [6.07, 6.45) is 1.72. The lowest BCUT2D eigenvalue weighted by atomic mass is 10.3. The molecule has 0 aliphatic heterocycles. The van der Waals surface area contributed by atoms with Crippen molar-refractivity contribution in [3.05, 3.63) is 43.0 Å². The molecule has 0 bridgehead atoms. The zero-order valence-electron chi connectivity index (χ0n) is 13.0. The third kappa shape index (κ3) is 5.67. The van der Waals surface area contributed by atoms with E-state index in [-0.39, 0.29) is 0 Å². The van der Waals surface area contributed by atoms with Gasteiger partial charge in [0, 0.05) is 12.2 Å². The van der Waals surface area contributed by atoms with Crippen LogP contribution < -0.4 is 16.0 Å². The minimum atomic E-state index is -0.566. The van der Waals surface area contributed by atoms with Crippen molar-refractivity contribution in [2.75, 3.05) is 17.2 Å². The quantitative estimate of drug-likeness (QED) is 0.517. The van der Waals surface area contributed by atoms with Crippen molar-refractivity contribution in [3.8, 4) is 0 Å². The van der Waals surface area contributed by atoms with Crippen molar-refractivity contribution in [1.29, 1.82) is 0 Å². The molecule has 1 aromatic heterocycles. The maximum atomic E-state index is 12.1. The van der Waals surface area contributed by atoms with Crippen LogP contribution in [0.2, 0.25) is 0 Å². The Balaban J connectivity index is 1.82. The number of hydrogen-bond acceptors (Lipinski definition) is 7. The first-order chi connectivity index (χ1) is 11.6. The second-order valence-electron chi connectivity index (χ2n) is 4.61. The number of nitrogens with zero attached hydrogens (tertiary/aromatic N) is 2. The van der Waals surface area contributed by atoms with E-state index in [0.717, 1.165) is 0 Å². The number of thioether (sulfide) groups is 1. The molecule has 0 fully saturated rings. The first kappa shape index (κ1) is 18.0. The lowest BCUT2D eigenvalue weighted by Gasteiger charge is -2.10. The Kier molecular flexibility index (Phi) is 6.76. The van der Waals surface area contributed by atoms with E-state index in [2.05, 4.69) is 32.7 Å². The summed E-state index contributed by atoms with van der Waals surface area (Å²) in [5, 5.41) is 16.1. The summed E-state index contributed by atoms with van der Waals surface area (Å²) >= 11 is 2.58. The Morgan fingerprint density at radius 2 is 2.08 bits per heavy atom. The molecule has 1 atom stereocenters. The SMILES string of the molecule is C=CCNc1nnc(SC(C)C(=O)NC(=O)Nc2ccccc2)s1. The predicted octanol–water partition coefficient (Wildman–Crippen LogP) is 2.96. The molecule has 24 heavy (non-hydrogen) atoms. The molecule has 1 heterocycles. The minimum Gasteiger partial charge on any atom is -0.357 e. The van der Waals surface area contributed by atoms with Gasteiger partial charge in [0.05, 0.1) is 5.25 Å². The molecule has 0 radical (unpaired) electrons. The van der Waals surface area contributed by atoms with E-state index in [1.165, 1.54) is 23.1 Å². The number of hydrogen-bond donors (Lipinski definition) is 3. The molecule has 7 nitrogen and oxygen atoms in total. The molecule has 3 N–H and O–H groups in total. The molecule has 3 amide bonds. The van der Waals surface area contributed by atoms with Gasteiger partial charge in [-0.2, -0.15) is 0 Å². The molecule has 1 aromatic carbocycles. The Morgan fingerprint density at radius 1 is 1.33 bits per heavy atom. The third-order valence-electron chi connectivity index (χ3n) is 2.72. The molecular formula is C15H17N5O2S2. The molecule has 2 aromatic rings. The number of rotatable bonds is 7. The van der Waals surface area contributed by atoms with Gasteiger partial charge < -0.3 is 10.6 Å². The van der Waals surface area contributed by atoms with E-state index in [1.807, 2.05) is 6.07 Å². The number of para-hydroxylation sites is 1. The van der Waals surface area contributed by atoms with Gasteiger partial charge in [-0.25, -0.2) is 4.79 Å². The number of carbonyl (C=O) groups is 2. The summed E-state index contributed by atoms with van der Waals surface area (Å²) in [6.45, 7) is 5.90. The normalized spacial score (nSPS) is 11.4. The molecule has 1 unspecified atom stereocenters. The molecule has 9 heteroatoms. The Morgan fingerprint density at radius 3 is 2.79 bits per heavy atom. The highest BCUT2D eigenvalue weighted by Gasteiger charge is 2.19. The maximum absolute atomic E-state index is 12.1. The lowest BCUT2D eigenvalue weighted by Crippen LogP contribution is -2.38. The molecule has 0 saturated heterocycles. The van der Waals surface area contributed by atoms with Gasteiger partial charge in [-0.1, -0.05) is 47.4 Å². The van der Waals surface area contributed by atoms with E-state index < -0.39 is 17.2 Å². The second kappa shape index (κ2) is 9.04. The van der Waals surface area contributed by atoms with Gasteiger partial charge in [-0.05, 0) is 19.1 Å². The van der Waals surface area contributed by atoms with Gasteiger partial charge >= 0.3 is 6.03 Å². The highest BCUT2D eigenvalue weighted by Crippen LogP contribution is 2.28. The topological polar surface area (TPSA) is 96.0 Å². The molecule has 0 spiro atoms. The van der Waals surface area contributed by atoms with E-state index >= 15 is 0 Å². The van der Waals surface area contributed by atoms with Crippen LogP contribution >= 0.6 is 23.1 Å². The number of carbonyl (C=O) groups excluding carboxylic acids is 2. The Labute approximate surface area is 147 Å². The van der Waals surface area contributed by atoms with Crippen molar-refractivity contribution in [2.24, 2.45) is 0 Å². The zero-order valence-corrected chi connectivity index (χ0v) is 14.6. The highest BCUT2D eigenvalue weighted by molar-refractivity contribution is 8.02. The number of benzene rings is 1. The average Bonchev–Trinajstić information content (AvgIpc) is 3.01. The van der Waals surface area contributed by atoms with Crippen LogP contribution in [0.25, 0.3) is 0 Å². The average molecular weight is 363 g/mol. The number of nitrogens with one attached hydrogen (secondary N) is 3. The molecular weight excluding hydrogens is 346 g/mol. The first-order valence-corrected chi connectivity index (χ1v) is 8.80. The summed E-state index contributed by atoms with van der Waals surface area (Å²) in [7, 11) is 0. The van der Waals surface area contributed by atoms with Crippen molar-refractivity contribution in [2.45, 2.75) is 16.5 Å². The first-order valence-electron chi connectivity index (χ1n) is 7.10. The second-order valence-corrected chi connectivity index (χ2v) is 7.18. The van der Waals surface area contributed by atoms with E-state index in [0.29, 0.717) is 21.7 Å². The van der Waals surface area contributed by atoms with Crippen LogP contribution in [0, 0.1) is 0 Å². The Hall–Kier alpha value is -2.39. The molecule has 0 aliphatic rings. The largest absolute Gasteiger partial charge is 0.357 e. The zero-order chi connectivity index (χ0) is 17.4. The summed E-state index contributed by atoms with van der Waals surface area (Å²) in [6, 6.07) is 8.34. The highest BCUT2D eigenvalue weighted by atomic mass is 32.2. The van der Waals surface area contributed by atoms with E-state index in [9.17, 15) is 9.59 Å². The molecule has 126 valence electrons. The number of aromatic nitrogens is 2. The van der Waals surface area contributed by atoms with Gasteiger partial charge in [-0.3, -0.25) is 10.1 Å². The van der Waals surface area contributed by atoms with Gasteiger partial charge in [-0.15, -0.1) is 16.8 Å². The standard InChI is InChI=1S/C15H17N5O2S2/c1-3-9-16-14-19-20-15(24-14)23-10(2)12(21)18-13(22)17-11-7-5-4-6-8-11/h3-8,10H,1,9H2,2H3,(H,16,19)(H2,17,18,21,22). The maximum Gasteiger partial charge on any atom is 0.325 e. The van der Waals surface area contributed by atoms with Crippen molar-refractivity contribution >= 4 is 45.9 Å². The van der Waals surface area contributed by atoms with Gasteiger partial charge in [0.15, 0.2) is 4.34 Å². The van der Waals surface area contributed by atoms with E-state index in [4.69, 9.17) is 0 Å². The molecule has 0 aliphatic carbocycles. The van der Waals surface area contributed by atoms with Gasteiger partial charge in [0.25, 0.3) is 0 Å². The number of imide groups is 1. The Bertz CT molecular complexity index is 705. The lowest BCUT2D eigenvalue weighted by molar-refractivity contribution is -0.119. The third-order valence-corrected chi connectivity index (χ3v) is 4.78. The fourth-order valence-corrected chi connectivity index (χ4v) is 3.49. The predicted molar refractivity (Wildman–Crippen MR) is 97.5 cm³/mol. The van der Waals surface area contributed by atoms with Crippen LogP contribution in [0.5, 0.6) is 0 Å². The number of anilines is 2. The smallest absolute Gasteiger partial charge is 0.325 e. The van der Waals surface area contributed by atoms with Crippen LogP contribution in [-0.4, -0.2) is 33.9 Å². The van der Waals surface area contributed by atoms with Crippen LogP contribution in [0.4, 0.5) is 15.6 Å². The summed E-state index contributed by atoms with van der Waals surface area (Å²) in [5.41, 5.74) is 0.616. The van der Waals surface area contributed by atoms with Crippen molar-refractivity contribution < 1.29 is 9.59 Å². The van der Waals surface area contributed by atoms with Crippen molar-refractivity contribution in [3.63, 3.8) is 0 Å². The van der Waals surface area contributed by atoms with Crippen molar-refractivity contribution in [1.82, 2.24) is 15.5 Å².